The van der Waals surface area contributed by atoms with Gasteiger partial charge >= 0.3 is 5.91 Å². The number of hydrogen-bond acceptors (Lipinski definition) is 5. The van der Waals surface area contributed by atoms with E-state index in [1.807, 2.05) is 12.1 Å². The average molecular weight is 386 g/mol. The molecule has 27 heavy (non-hydrogen) atoms. The van der Waals surface area contributed by atoms with Crippen molar-refractivity contribution in [2.45, 2.75) is 11.3 Å². The lowest BCUT2D eigenvalue weighted by Gasteiger charge is -2.15. The lowest BCUT2D eigenvalue weighted by Crippen LogP contribution is -2.24. The Balaban J connectivity index is 1.83. The van der Waals surface area contributed by atoms with E-state index in [1.54, 1.807) is 36.4 Å². The molecule has 3 rings (SSSR count). The molecule has 0 aromatic heterocycles. The van der Waals surface area contributed by atoms with Gasteiger partial charge in [-0.25, -0.2) is 13.9 Å². The van der Waals surface area contributed by atoms with Crippen molar-refractivity contribution in [2.24, 2.45) is 0 Å². The van der Waals surface area contributed by atoms with Crippen molar-refractivity contribution in [3.63, 3.8) is 0 Å². The second-order valence-corrected chi connectivity index (χ2v) is 7.49. The molecule has 8 heteroatoms. The molecule has 0 saturated carbocycles. The Kier molecular flexibility index (Phi) is 5.58. The molecule has 0 unspecified atom stereocenters. The summed E-state index contributed by atoms with van der Waals surface area (Å²) in [7, 11) is -3.67. The van der Waals surface area contributed by atoms with Gasteiger partial charge in [0.25, 0.3) is 10.0 Å². The third kappa shape index (κ3) is 4.75. The van der Waals surface area contributed by atoms with Gasteiger partial charge in [-0.3, -0.25) is 14.7 Å². The highest BCUT2D eigenvalue weighted by Gasteiger charge is 2.16. The summed E-state index contributed by atoms with van der Waals surface area (Å²) < 4.78 is 32.6. The molecule has 0 radical (unpaired) electrons. The zero-order valence-corrected chi connectivity index (χ0v) is 15.1. The zero-order valence-electron chi connectivity index (χ0n) is 14.3. The largest absolute Gasteiger partial charge is 0.487 e. The number of benzene rings is 2. The average Bonchev–Trinajstić information content (AvgIpc) is 2.68. The van der Waals surface area contributed by atoms with Gasteiger partial charge in [-0.15, -0.1) is 0 Å². The standard InChI is InChI=1S/C19H18N2O5S/c22-19(20-23)18-13-15(9-10-26-18)11-14-5-4-6-16(12-14)21-27(24,25)17-7-2-1-3-8-17/h1-8,11-13,21,23H,9-10H2,(H,20,22)/b15-11+. The molecule has 1 amide bonds. The Bertz CT molecular complexity index is 998. The van der Waals surface area contributed by atoms with E-state index >= 15 is 0 Å². The van der Waals surface area contributed by atoms with Gasteiger partial charge in [-0.2, -0.15) is 0 Å². The van der Waals surface area contributed by atoms with E-state index in [0.29, 0.717) is 18.7 Å². The van der Waals surface area contributed by atoms with Crippen molar-refractivity contribution in [1.82, 2.24) is 5.48 Å². The molecule has 3 N–H and O–H groups in total. The lowest BCUT2D eigenvalue weighted by atomic mass is 10.1. The van der Waals surface area contributed by atoms with Crippen molar-refractivity contribution < 1.29 is 23.2 Å². The summed E-state index contributed by atoms with van der Waals surface area (Å²) in [5.74, 6) is -0.694. The van der Waals surface area contributed by atoms with Gasteiger partial charge in [0.1, 0.15) is 0 Å². The van der Waals surface area contributed by atoms with Gasteiger partial charge in [-0.1, -0.05) is 36.4 Å². The number of carbonyl (C=O) groups is 1. The smallest absolute Gasteiger partial charge is 0.309 e. The Morgan fingerprint density at radius 3 is 2.63 bits per heavy atom. The predicted molar refractivity (Wildman–Crippen MR) is 100 cm³/mol. The van der Waals surface area contributed by atoms with Crippen LogP contribution in [-0.2, 0) is 19.6 Å². The number of anilines is 1. The Morgan fingerprint density at radius 1 is 1.11 bits per heavy atom. The number of ether oxygens (including phenoxy) is 1. The minimum absolute atomic E-state index is 0.0240. The van der Waals surface area contributed by atoms with E-state index in [4.69, 9.17) is 9.94 Å². The van der Waals surface area contributed by atoms with Crippen LogP contribution < -0.4 is 10.2 Å². The number of carbonyl (C=O) groups excluding carboxylic acids is 1. The van der Waals surface area contributed by atoms with Crippen LogP contribution in [0.25, 0.3) is 6.08 Å². The third-order valence-electron chi connectivity index (χ3n) is 3.83. The molecule has 0 fully saturated rings. The summed E-state index contributed by atoms with van der Waals surface area (Å²) in [6.45, 7) is 0.311. The van der Waals surface area contributed by atoms with Crippen LogP contribution >= 0.6 is 0 Å². The minimum atomic E-state index is -3.67. The van der Waals surface area contributed by atoms with Gasteiger partial charge in [0.05, 0.1) is 11.5 Å². The van der Waals surface area contributed by atoms with E-state index in [1.165, 1.54) is 23.7 Å². The second-order valence-electron chi connectivity index (χ2n) is 5.81. The molecule has 2 aromatic rings. The van der Waals surface area contributed by atoms with Crippen molar-refractivity contribution in [3.05, 3.63) is 77.6 Å². The van der Waals surface area contributed by atoms with E-state index in [9.17, 15) is 13.2 Å². The third-order valence-corrected chi connectivity index (χ3v) is 5.23. The van der Waals surface area contributed by atoms with Gasteiger partial charge < -0.3 is 4.74 Å². The van der Waals surface area contributed by atoms with Crippen molar-refractivity contribution in [1.29, 1.82) is 0 Å². The molecule has 2 aromatic carbocycles. The molecule has 1 aliphatic heterocycles. The predicted octanol–water partition coefficient (Wildman–Crippen LogP) is 2.68. The molecule has 0 atom stereocenters. The number of allylic oxidation sites excluding steroid dienone is 1. The zero-order chi connectivity index (χ0) is 19.3. The van der Waals surface area contributed by atoms with Gasteiger partial charge in [-0.05, 0) is 41.5 Å². The van der Waals surface area contributed by atoms with Crippen LogP contribution in [0.15, 0.2) is 76.9 Å². The number of hydroxylamine groups is 1. The van der Waals surface area contributed by atoms with Crippen LogP contribution in [0, 0.1) is 0 Å². The number of amides is 1. The van der Waals surface area contributed by atoms with Crippen LogP contribution in [0.4, 0.5) is 5.69 Å². The fourth-order valence-corrected chi connectivity index (χ4v) is 3.65. The topological polar surface area (TPSA) is 105 Å². The Morgan fingerprint density at radius 2 is 1.89 bits per heavy atom. The number of nitrogens with one attached hydrogen (secondary N) is 2. The van der Waals surface area contributed by atoms with E-state index < -0.39 is 15.9 Å². The molecule has 1 heterocycles. The van der Waals surface area contributed by atoms with Gasteiger partial charge in [0, 0.05) is 12.1 Å². The first-order valence-corrected chi connectivity index (χ1v) is 9.64. The maximum Gasteiger partial charge on any atom is 0.309 e. The normalized spacial score (nSPS) is 15.6. The molecule has 7 nitrogen and oxygen atoms in total. The van der Waals surface area contributed by atoms with Crippen LogP contribution in [0.1, 0.15) is 12.0 Å². The first-order valence-electron chi connectivity index (χ1n) is 8.15. The molecule has 0 saturated heterocycles. The fraction of sp³-hybridized carbons (Fsp3) is 0.105. The monoisotopic (exact) mass is 386 g/mol. The van der Waals surface area contributed by atoms with Gasteiger partial charge in [0.2, 0.25) is 0 Å². The summed E-state index contributed by atoms with van der Waals surface area (Å²) in [4.78, 5) is 11.6. The Labute approximate surface area is 157 Å². The molecule has 0 aliphatic carbocycles. The summed E-state index contributed by atoms with van der Waals surface area (Å²) in [6, 6.07) is 15.0. The number of sulfonamides is 1. The highest BCUT2D eigenvalue weighted by molar-refractivity contribution is 7.92. The summed E-state index contributed by atoms with van der Waals surface area (Å²) >= 11 is 0. The highest BCUT2D eigenvalue weighted by atomic mass is 32.2. The minimum Gasteiger partial charge on any atom is -0.487 e. The fourth-order valence-electron chi connectivity index (χ4n) is 2.58. The maximum atomic E-state index is 12.4. The number of hydrogen-bond donors (Lipinski definition) is 3. The van der Waals surface area contributed by atoms with E-state index in [2.05, 4.69) is 4.72 Å². The lowest BCUT2D eigenvalue weighted by molar-refractivity contribution is -0.129. The maximum absolute atomic E-state index is 12.4. The molecule has 140 valence electrons. The van der Waals surface area contributed by atoms with E-state index in [-0.39, 0.29) is 10.7 Å². The summed E-state index contributed by atoms with van der Waals surface area (Å²) in [5.41, 5.74) is 3.55. The first kappa shape index (κ1) is 18.7. The van der Waals surface area contributed by atoms with Crippen LogP contribution in [-0.4, -0.2) is 26.1 Å². The summed E-state index contributed by atoms with van der Waals surface area (Å²) in [6.07, 6.45) is 3.95. The Hall–Kier alpha value is -3.10. The second kappa shape index (κ2) is 8.07. The quantitative estimate of drug-likeness (QED) is 0.541. The molecule has 0 bridgehead atoms. The van der Waals surface area contributed by atoms with E-state index in [0.717, 1.165) is 11.1 Å². The molecular formula is C19H18N2O5S. The highest BCUT2D eigenvalue weighted by Crippen LogP contribution is 2.22. The van der Waals surface area contributed by atoms with Crippen molar-refractivity contribution in [3.8, 4) is 0 Å². The van der Waals surface area contributed by atoms with Gasteiger partial charge in [0.15, 0.2) is 5.76 Å². The van der Waals surface area contributed by atoms with Crippen molar-refractivity contribution >= 4 is 27.7 Å². The van der Waals surface area contributed by atoms with Crippen LogP contribution in [0.2, 0.25) is 0 Å². The SMILES string of the molecule is O=C(NO)C1=C/C(=C/c2cccc(NS(=O)(=O)c3ccccc3)c2)CCO1. The first-order chi connectivity index (χ1) is 13.0. The summed E-state index contributed by atoms with van der Waals surface area (Å²) in [5, 5.41) is 8.70. The molecule has 0 spiro atoms. The van der Waals surface area contributed by atoms with Crippen LogP contribution in [0.3, 0.4) is 0 Å². The van der Waals surface area contributed by atoms with Crippen molar-refractivity contribution in [2.75, 3.05) is 11.3 Å². The molecular weight excluding hydrogens is 368 g/mol. The molecule has 1 aliphatic rings. The number of rotatable bonds is 5. The van der Waals surface area contributed by atoms with Crippen LogP contribution in [0.5, 0.6) is 0 Å².